The van der Waals surface area contributed by atoms with Crippen LogP contribution in [0.4, 0.5) is 0 Å². The smallest absolute Gasteiger partial charge is 0.268 e. The summed E-state index contributed by atoms with van der Waals surface area (Å²) in [5, 5.41) is -0.692. The van der Waals surface area contributed by atoms with E-state index in [2.05, 4.69) is 10.9 Å². The molecule has 1 amide bonds. The SMILES string of the molecule is C=CC(=O)NOS(=O)(=O)C(C)C.[Na+]. The molecular formula is C6H11NNaO4S+. The Morgan fingerprint density at radius 3 is 2.31 bits per heavy atom. The zero-order valence-electron chi connectivity index (χ0n) is 7.90. The Kier molecular flexibility index (Phi) is 7.86. The molecule has 70 valence electrons. The van der Waals surface area contributed by atoms with E-state index in [0.29, 0.717) is 0 Å². The maximum atomic E-state index is 10.9. The van der Waals surface area contributed by atoms with E-state index < -0.39 is 21.3 Å². The number of nitrogens with one attached hydrogen (secondary N) is 1. The molecule has 7 heteroatoms. The molecule has 0 aliphatic carbocycles. The average Bonchev–Trinajstić information content (AvgIpc) is 2.00. The third-order valence-corrected chi connectivity index (χ3v) is 2.49. The van der Waals surface area contributed by atoms with Gasteiger partial charge in [-0.2, -0.15) is 8.42 Å². The number of hydrogen-bond acceptors (Lipinski definition) is 4. The van der Waals surface area contributed by atoms with Crippen molar-refractivity contribution in [3.63, 3.8) is 0 Å². The van der Waals surface area contributed by atoms with Crippen LogP contribution in [0.5, 0.6) is 0 Å². The Balaban J connectivity index is 0. The van der Waals surface area contributed by atoms with Crippen molar-refractivity contribution >= 4 is 16.0 Å². The maximum absolute atomic E-state index is 10.9. The monoisotopic (exact) mass is 216 g/mol. The largest absolute Gasteiger partial charge is 1.00 e. The van der Waals surface area contributed by atoms with Gasteiger partial charge in [-0.05, 0) is 19.9 Å². The van der Waals surface area contributed by atoms with E-state index in [9.17, 15) is 13.2 Å². The van der Waals surface area contributed by atoms with Crippen molar-refractivity contribution in [3.8, 4) is 0 Å². The van der Waals surface area contributed by atoms with Crippen molar-refractivity contribution < 1.29 is 47.1 Å². The normalized spacial score (nSPS) is 10.4. The summed E-state index contributed by atoms with van der Waals surface area (Å²) in [4.78, 5) is 10.5. The topological polar surface area (TPSA) is 72.5 Å². The predicted octanol–water partition coefficient (Wildman–Crippen LogP) is -3.04. The molecule has 0 rings (SSSR count). The van der Waals surface area contributed by atoms with E-state index in [4.69, 9.17) is 0 Å². The molecule has 0 radical (unpaired) electrons. The summed E-state index contributed by atoms with van der Waals surface area (Å²) < 4.78 is 25.9. The van der Waals surface area contributed by atoms with Crippen LogP contribution < -0.4 is 35.0 Å². The fourth-order valence-electron chi connectivity index (χ4n) is 0.237. The van der Waals surface area contributed by atoms with Crippen LogP contribution in [0.15, 0.2) is 12.7 Å². The molecule has 0 spiro atoms. The van der Waals surface area contributed by atoms with Crippen LogP contribution in [-0.2, 0) is 19.2 Å². The molecule has 0 atom stereocenters. The molecule has 0 saturated heterocycles. The van der Waals surface area contributed by atoms with Gasteiger partial charge in [0.25, 0.3) is 16.0 Å². The second-order valence-corrected chi connectivity index (χ2v) is 4.39. The number of carbonyl (C=O) groups is 1. The molecule has 5 nitrogen and oxygen atoms in total. The van der Waals surface area contributed by atoms with Crippen LogP contribution in [-0.4, -0.2) is 19.6 Å². The summed E-state index contributed by atoms with van der Waals surface area (Å²) in [7, 11) is -3.68. The molecule has 0 aromatic rings. The molecule has 0 unspecified atom stereocenters. The molecule has 1 N–H and O–H groups in total. The summed E-state index contributed by atoms with van der Waals surface area (Å²) in [5.41, 5.74) is 1.71. The second kappa shape index (κ2) is 6.56. The second-order valence-electron chi connectivity index (χ2n) is 2.30. The van der Waals surface area contributed by atoms with Crippen molar-refractivity contribution in [1.82, 2.24) is 5.48 Å². The molecule has 0 saturated carbocycles. The Morgan fingerprint density at radius 1 is 1.54 bits per heavy atom. The van der Waals surface area contributed by atoms with Crippen LogP contribution in [0, 0.1) is 0 Å². The van der Waals surface area contributed by atoms with Gasteiger partial charge in [-0.1, -0.05) is 6.58 Å². The first-order valence-corrected chi connectivity index (χ1v) is 4.72. The van der Waals surface area contributed by atoms with Gasteiger partial charge in [0, 0.05) is 0 Å². The Labute approximate surface area is 99.9 Å². The quantitative estimate of drug-likeness (QED) is 0.308. The van der Waals surface area contributed by atoms with Gasteiger partial charge < -0.3 is 0 Å². The minimum Gasteiger partial charge on any atom is -0.268 e. The number of hydrogen-bond donors (Lipinski definition) is 1. The summed E-state index contributed by atoms with van der Waals surface area (Å²) >= 11 is 0. The van der Waals surface area contributed by atoms with E-state index in [-0.39, 0.29) is 29.6 Å². The standard InChI is InChI=1S/C6H11NO4S.Na/c1-4-6(8)7-11-12(9,10)5(2)3;/h4-5H,1H2,2-3H3,(H,7,8);/q;+1. The van der Waals surface area contributed by atoms with E-state index in [1.165, 1.54) is 13.8 Å². The van der Waals surface area contributed by atoms with Crippen LogP contribution in [0.25, 0.3) is 0 Å². The van der Waals surface area contributed by atoms with Crippen LogP contribution >= 0.6 is 0 Å². The third kappa shape index (κ3) is 6.23. The zero-order valence-corrected chi connectivity index (χ0v) is 10.7. The first kappa shape index (κ1) is 15.6. The van der Waals surface area contributed by atoms with Gasteiger partial charge in [0.05, 0.1) is 5.25 Å². The molecule has 13 heavy (non-hydrogen) atoms. The molecule has 0 aromatic carbocycles. The van der Waals surface area contributed by atoms with Crippen molar-refractivity contribution in [1.29, 1.82) is 0 Å². The Hall–Kier alpha value is 0.120. The molecule has 0 aliphatic rings. The first-order chi connectivity index (χ1) is 5.40. The summed E-state index contributed by atoms with van der Waals surface area (Å²) in [6, 6.07) is 0. The molecule has 0 aliphatic heterocycles. The summed E-state index contributed by atoms with van der Waals surface area (Å²) in [6.45, 7) is 6.00. The van der Waals surface area contributed by atoms with Crippen LogP contribution in [0.1, 0.15) is 13.8 Å². The molecular weight excluding hydrogens is 205 g/mol. The van der Waals surface area contributed by atoms with E-state index >= 15 is 0 Å². The first-order valence-electron chi connectivity index (χ1n) is 3.25. The van der Waals surface area contributed by atoms with Gasteiger partial charge in [0.1, 0.15) is 0 Å². The van der Waals surface area contributed by atoms with Crippen LogP contribution in [0.3, 0.4) is 0 Å². The third-order valence-electron chi connectivity index (χ3n) is 1.02. The fraction of sp³-hybridized carbons (Fsp3) is 0.500. The minimum atomic E-state index is -3.68. The van der Waals surface area contributed by atoms with Crippen molar-refractivity contribution in [2.75, 3.05) is 0 Å². The Bertz CT molecular complexity index is 272. The van der Waals surface area contributed by atoms with Crippen molar-refractivity contribution in [2.45, 2.75) is 19.1 Å². The zero-order chi connectivity index (χ0) is 9.78. The van der Waals surface area contributed by atoms with Crippen molar-refractivity contribution in [3.05, 3.63) is 12.7 Å². The number of hydroxylamine groups is 1. The summed E-state index contributed by atoms with van der Waals surface area (Å²) in [5.74, 6) is -0.695. The average molecular weight is 216 g/mol. The molecule has 0 bridgehead atoms. The van der Waals surface area contributed by atoms with Gasteiger partial charge >= 0.3 is 29.6 Å². The summed E-state index contributed by atoms with van der Waals surface area (Å²) in [6.07, 6.45) is 0.913. The van der Waals surface area contributed by atoms with Gasteiger partial charge in [-0.3, -0.25) is 4.79 Å². The van der Waals surface area contributed by atoms with Crippen LogP contribution in [0.2, 0.25) is 0 Å². The van der Waals surface area contributed by atoms with Gasteiger partial charge in [-0.15, -0.1) is 4.28 Å². The van der Waals surface area contributed by atoms with Gasteiger partial charge in [0.15, 0.2) is 0 Å². The van der Waals surface area contributed by atoms with E-state index in [0.717, 1.165) is 6.08 Å². The maximum Gasteiger partial charge on any atom is 1.00 e. The molecule has 0 aromatic heterocycles. The molecule has 0 fully saturated rings. The van der Waals surface area contributed by atoms with E-state index in [1.54, 1.807) is 5.48 Å². The van der Waals surface area contributed by atoms with Crippen molar-refractivity contribution in [2.24, 2.45) is 0 Å². The number of amides is 1. The predicted molar refractivity (Wildman–Crippen MR) is 43.5 cm³/mol. The number of carbonyl (C=O) groups excluding carboxylic acids is 1. The van der Waals surface area contributed by atoms with E-state index in [1.807, 2.05) is 0 Å². The number of rotatable bonds is 4. The fourth-order valence-corrected chi connectivity index (χ4v) is 0.628. The van der Waals surface area contributed by atoms with Gasteiger partial charge in [0.2, 0.25) is 0 Å². The Morgan fingerprint density at radius 2 is 2.00 bits per heavy atom. The molecule has 0 heterocycles. The minimum absolute atomic E-state index is 0. The van der Waals surface area contributed by atoms with Gasteiger partial charge in [-0.25, -0.2) is 5.48 Å².